The van der Waals surface area contributed by atoms with Crippen molar-refractivity contribution in [1.82, 2.24) is 4.98 Å². The molecular weight excluding hydrogens is 355 g/mol. The van der Waals surface area contributed by atoms with Crippen LogP contribution in [-0.2, 0) is 5.41 Å². The van der Waals surface area contributed by atoms with Gasteiger partial charge >= 0.3 is 6.18 Å². The summed E-state index contributed by atoms with van der Waals surface area (Å²) in [6.45, 7) is 1.76. The Hall–Kier alpha value is -2.76. The molecule has 1 N–H and O–H groups in total. The van der Waals surface area contributed by atoms with Crippen LogP contribution in [0.25, 0.3) is 22.2 Å². The number of aromatic amines is 1. The second-order valence-electron chi connectivity index (χ2n) is 7.04. The fraction of sp³-hybridized carbons (Fsp3) is 0.286. The van der Waals surface area contributed by atoms with Gasteiger partial charge in [-0.2, -0.15) is 13.2 Å². The van der Waals surface area contributed by atoms with E-state index in [1.54, 1.807) is 37.3 Å². The first-order valence-electron chi connectivity index (χ1n) is 8.65. The Balaban J connectivity index is 1.82. The number of fused-ring (bicyclic) bond motifs is 1. The Bertz CT molecular complexity index is 1090. The molecule has 0 spiro atoms. The highest BCUT2D eigenvalue weighted by Gasteiger charge is 2.64. The molecule has 0 saturated heterocycles. The van der Waals surface area contributed by atoms with Gasteiger partial charge in [-0.3, -0.25) is 4.79 Å². The molecule has 1 aromatic heterocycles. The van der Waals surface area contributed by atoms with Crippen LogP contribution < -0.4 is 10.2 Å². The summed E-state index contributed by atoms with van der Waals surface area (Å²) in [5, 5.41) is 0.451. The maximum atomic E-state index is 13.4. The van der Waals surface area contributed by atoms with E-state index in [9.17, 15) is 18.0 Å². The minimum atomic E-state index is -4.24. The number of methoxy groups -OCH3 is 1. The lowest BCUT2D eigenvalue weighted by Crippen LogP contribution is -2.28. The van der Waals surface area contributed by atoms with Crippen LogP contribution in [0.4, 0.5) is 13.2 Å². The summed E-state index contributed by atoms with van der Waals surface area (Å²) in [6, 6.07) is 11.5. The van der Waals surface area contributed by atoms with Crippen LogP contribution in [0.1, 0.15) is 24.0 Å². The first-order chi connectivity index (χ1) is 12.8. The van der Waals surface area contributed by atoms with Gasteiger partial charge in [0.15, 0.2) is 5.43 Å². The Morgan fingerprint density at radius 1 is 1.11 bits per heavy atom. The highest BCUT2D eigenvalue weighted by molar-refractivity contribution is 5.87. The monoisotopic (exact) mass is 373 g/mol. The van der Waals surface area contributed by atoms with Crippen molar-refractivity contribution in [2.75, 3.05) is 7.11 Å². The summed E-state index contributed by atoms with van der Waals surface area (Å²) in [6.07, 6.45) is -3.99. The van der Waals surface area contributed by atoms with Gasteiger partial charge in [0, 0.05) is 17.3 Å². The average molecular weight is 373 g/mol. The molecule has 27 heavy (non-hydrogen) atoms. The third-order valence-electron chi connectivity index (χ3n) is 5.40. The molecule has 0 unspecified atom stereocenters. The molecule has 0 bridgehead atoms. The molecule has 1 fully saturated rings. The van der Waals surface area contributed by atoms with Gasteiger partial charge in [-0.1, -0.05) is 24.3 Å². The van der Waals surface area contributed by atoms with Crippen molar-refractivity contribution in [2.24, 2.45) is 0 Å². The van der Waals surface area contributed by atoms with Gasteiger partial charge in [0.05, 0.1) is 23.4 Å². The van der Waals surface area contributed by atoms with Gasteiger partial charge in [0.25, 0.3) is 0 Å². The van der Waals surface area contributed by atoms with Gasteiger partial charge in [0.1, 0.15) is 5.75 Å². The van der Waals surface area contributed by atoms with E-state index >= 15 is 0 Å². The summed E-state index contributed by atoms with van der Waals surface area (Å²) >= 11 is 0. The number of rotatable bonds is 3. The smallest absolute Gasteiger partial charge is 0.398 e. The molecule has 0 radical (unpaired) electrons. The van der Waals surface area contributed by atoms with Crippen molar-refractivity contribution in [1.29, 1.82) is 0 Å². The topological polar surface area (TPSA) is 42.1 Å². The zero-order valence-electron chi connectivity index (χ0n) is 14.9. The highest BCUT2D eigenvalue weighted by Crippen LogP contribution is 2.59. The maximum Gasteiger partial charge on any atom is 0.398 e. The largest absolute Gasteiger partial charge is 0.496 e. The second-order valence-corrected chi connectivity index (χ2v) is 7.04. The molecule has 0 atom stereocenters. The summed E-state index contributed by atoms with van der Waals surface area (Å²) in [4.78, 5) is 15.8. The van der Waals surface area contributed by atoms with E-state index in [0.717, 1.165) is 0 Å². The molecule has 2 aromatic carbocycles. The number of hydrogen-bond acceptors (Lipinski definition) is 2. The van der Waals surface area contributed by atoms with Gasteiger partial charge in [-0.25, -0.2) is 0 Å². The summed E-state index contributed by atoms with van der Waals surface area (Å²) in [5.74, 6) is 0.480. The zero-order valence-corrected chi connectivity index (χ0v) is 14.9. The van der Waals surface area contributed by atoms with E-state index in [0.29, 0.717) is 39.0 Å². The van der Waals surface area contributed by atoms with Crippen molar-refractivity contribution in [2.45, 2.75) is 31.4 Å². The predicted octanol–water partition coefficient (Wildman–Crippen LogP) is 5.11. The van der Waals surface area contributed by atoms with Crippen molar-refractivity contribution < 1.29 is 17.9 Å². The van der Waals surface area contributed by atoms with Gasteiger partial charge in [-0.05, 0) is 43.0 Å². The average Bonchev–Trinajstić information content (AvgIpc) is 3.42. The summed E-state index contributed by atoms with van der Waals surface area (Å²) < 4.78 is 45.4. The predicted molar refractivity (Wildman–Crippen MR) is 98.3 cm³/mol. The van der Waals surface area contributed by atoms with Gasteiger partial charge < -0.3 is 9.72 Å². The number of nitrogens with one attached hydrogen (secondary N) is 1. The molecule has 0 aliphatic heterocycles. The molecule has 0 amide bonds. The number of aromatic nitrogens is 1. The molecule has 140 valence electrons. The Labute approximate surface area is 153 Å². The molecule has 1 saturated carbocycles. The highest BCUT2D eigenvalue weighted by atomic mass is 19.4. The third-order valence-corrected chi connectivity index (χ3v) is 5.40. The van der Waals surface area contributed by atoms with Crippen LogP contribution in [0.15, 0.2) is 47.3 Å². The summed E-state index contributed by atoms with van der Waals surface area (Å²) in [7, 11) is 1.50. The van der Waals surface area contributed by atoms with Crippen LogP contribution in [0, 0.1) is 6.92 Å². The third kappa shape index (κ3) is 2.71. The first-order valence-corrected chi connectivity index (χ1v) is 8.65. The Kier molecular flexibility index (Phi) is 3.84. The lowest BCUT2D eigenvalue weighted by molar-refractivity contribution is -0.160. The number of pyridine rings is 1. The quantitative estimate of drug-likeness (QED) is 0.694. The molecule has 3 aromatic rings. The van der Waals surface area contributed by atoms with Crippen LogP contribution >= 0.6 is 0 Å². The molecule has 1 aliphatic rings. The molecule has 4 rings (SSSR count). The molecular formula is C21H18F3NO2. The first kappa shape index (κ1) is 17.6. The Morgan fingerprint density at radius 2 is 1.85 bits per heavy atom. The lowest BCUT2D eigenvalue weighted by Gasteiger charge is -2.21. The van der Waals surface area contributed by atoms with Crippen molar-refractivity contribution in [3.63, 3.8) is 0 Å². The van der Waals surface area contributed by atoms with Crippen LogP contribution in [0.3, 0.4) is 0 Å². The second kappa shape index (κ2) is 5.87. The minimum absolute atomic E-state index is 0.127. The number of H-pyrrole nitrogens is 1. The fourth-order valence-electron chi connectivity index (χ4n) is 3.71. The van der Waals surface area contributed by atoms with Crippen molar-refractivity contribution in [3.8, 4) is 17.0 Å². The SMILES string of the molecule is COc1cccc2[nH]c(-c3ccc(C4(C(F)(F)F)CC4)cc3C)cc(=O)c12. The van der Waals surface area contributed by atoms with Crippen molar-refractivity contribution >= 4 is 10.9 Å². The molecule has 6 heteroatoms. The van der Waals surface area contributed by atoms with E-state index in [4.69, 9.17) is 4.74 Å². The number of hydrogen-bond donors (Lipinski definition) is 1. The zero-order chi connectivity index (χ0) is 19.4. The van der Waals surface area contributed by atoms with E-state index in [2.05, 4.69) is 4.98 Å². The lowest BCUT2D eigenvalue weighted by atomic mass is 9.91. The van der Waals surface area contributed by atoms with E-state index < -0.39 is 11.6 Å². The van der Waals surface area contributed by atoms with E-state index in [1.807, 2.05) is 0 Å². The number of benzene rings is 2. The van der Waals surface area contributed by atoms with E-state index in [1.165, 1.54) is 19.2 Å². The number of aryl methyl sites for hydroxylation is 1. The number of halogens is 3. The standard InChI is InChI=1S/C21H18F3NO2/c1-12-10-13(20(8-9-20)21(22,23)24)6-7-14(12)16-11-17(26)19-15(25-16)4-3-5-18(19)27-2/h3-7,10-11H,8-9H2,1-2H3,(H,25,26). The maximum absolute atomic E-state index is 13.4. The normalized spacial score (nSPS) is 15.7. The van der Waals surface area contributed by atoms with Crippen LogP contribution in [0.2, 0.25) is 0 Å². The van der Waals surface area contributed by atoms with Crippen molar-refractivity contribution in [3.05, 3.63) is 63.8 Å². The summed E-state index contributed by atoms with van der Waals surface area (Å²) in [5.41, 5.74) is 0.977. The number of ether oxygens (including phenoxy) is 1. The fourth-order valence-corrected chi connectivity index (χ4v) is 3.71. The minimum Gasteiger partial charge on any atom is -0.496 e. The molecule has 1 heterocycles. The van der Waals surface area contributed by atoms with Gasteiger partial charge in [0.2, 0.25) is 0 Å². The van der Waals surface area contributed by atoms with E-state index in [-0.39, 0.29) is 18.3 Å². The van der Waals surface area contributed by atoms with Gasteiger partial charge in [-0.15, -0.1) is 0 Å². The van der Waals surface area contributed by atoms with Crippen LogP contribution in [0.5, 0.6) is 5.75 Å². The number of alkyl halides is 3. The molecule has 1 aliphatic carbocycles. The molecule has 3 nitrogen and oxygen atoms in total. The van der Waals surface area contributed by atoms with Crippen LogP contribution in [-0.4, -0.2) is 18.3 Å². The Morgan fingerprint density at radius 3 is 2.44 bits per heavy atom.